The average molecular weight is 209 g/mol. The molecular formula is C8H7N3O2S. The molecular weight excluding hydrogens is 202 g/mol. The van der Waals surface area contributed by atoms with Crippen LogP contribution in [0.1, 0.15) is 5.56 Å². The van der Waals surface area contributed by atoms with Crippen molar-refractivity contribution in [3.63, 3.8) is 0 Å². The van der Waals surface area contributed by atoms with Gasteiger partial charge in [0.1, 0.15) is 0 Å². The first-order valence-corrected chi connectivity index (χ1v) is 4.88. The van der Waals surface area contributed by atoms with E-state index in [1.165, 1.54) is 0 Å². The summed E-state index contributed by atoms with van der Waals surface area (Å²) in [5, 5.41) is 8.55. The van der Waals surface area contributed by atoms with Crippen molar-refractivity contribution in [3.8, 4) is 0 Å². The first kappa shape index (κ1) is 8.89. The number of carbonyl (C=O) groups excluding carboxylic acids is 2. The van der Waals surface area contributed by atoms with Crippen LogP contribution in [0.2, 0.25) is 0 Å². The molecule has 14 heavy (non-hydrogen) atoms. The second-order valence-electron chi connectivity index (χ2n) is 2.70. The van der Waals surface area contributed by atoms with Gasteiger partial charge in [-0.05, 0) is 22.4 Å². The van der Waals surface area contributed by atoms with Crippen LogP contribution in [0.15, 0.2) is 21.8 Å². The molecule has 1 saturated heterocycles. The Morgan fingerprint density at radius 2 is 2.00 bits per heavy atom. The molecule has 5 nitrogen and oxygen atoms in total. The van der Waals surface area contributed by atoms with E-state index in [9.17, 15) is 9.59 Å². The standard InChI is InChI=1S/C8H7N3O2S/c12-6-7(13)11-8(10-6)9-3-5-1-2-14-4-5/h1-2,4H,3H2,(H2,9,10,11,12,13). The van der Waals surface area contributed by atoms with Crippen LogP contribution in [0.4, 0.5) is 0 Å². The molecule has 0 unspecified atom stereocenters. The second-order valence-corrected chi connectivity index (χ2v) is 3.48. The Labute approximate surface area is 83.8 Å². The van der Waals surface area contributed by atoms with Gasteiger partial charge in [-0.2, -0.15) is 11.3 Å². The molecule has 1 aromatic heterocycles. The molecule has 2 rings (SSSR count). The summed E-state index contributed by atoms with van der Waals surface area (Å²) in [4.78, 5) is 25.5. The van der Waals surface area contributed by atoms with Gasteiger partial charge in [0, 0.05) is 0 Å². The van der Waals surface area contributed by atoms with E-state index in [4.69, 9.17) is 0 Å². The maximum absolute atomic E-state index is 10.7. The summed E-state index contributed by atoms with van der Waals surface area (Å²) in [5.74, 6) is -1.09. The fourth-order valence-electron chi connectivity index (χ4n) is 0.992. The molecule has 0 bridgehead atoms. The third-order valence-corrected chi connectivity index (χ3v) is 2.40. The minimum Gasteiger partial charge on any atom is -0.288 e. The summed E-state index contributed by atoms with van der Waals surface area (Å²) in [6, 6.07) is 1.94. The second kappa shape index (κ2) is 3.59. The topological polar surface area (TPSA) is 70.6 Å². The van der Waals surface area contributed by atoms with Crippen molar-refractivity contribution in [3.05, 3.63) is 22.4 Å². The first-order chi connectivity index (χ1) is 6.75. The van der Waals surface area contributed by atoms with E-state index in [0.29, 0.717) is 6.54 Å². The highest BCUT2D eigenvalue weighted by Crippen LogP contribution is 2.06. The van der Waals surface area contributed by atoms with E-state index >= 15 is 0 Å². The van der Waals surface area contributed by atoms with Crippen molar-refractivity contribution in [1.29, 1.82) is 0 Å². The van der Waals surface area contributed by atoms with Crippen molar-refractivity contribution < 1.29 is 9.59 Å². The van der Waals surface area contributed by atoms with Crippen LogP contribution in [-0.4, -0.2) is 17.8 Å². The highest BCUT2D eigenvalue weighted by atomic mass is 32.1. The third-order valence-electron chi connectivity index (χ3n) is 1.67. The fourth-order valence-corrected chi connectivity index (χ4v) is 1.65. The number of rotatable bonds is 2. The van der Waals surface area contributed by atoms with E-state index in [1.54, 1.807) is 11.3 Å². The van der Waals surface area contributed by atoms with E-state index < -0.39 is 11.8 Å². The number of aliphatic imine (C=N–C) groups is 1. The highest BCUT2D eigenvalue weighted by molar-refractivity contribution is 7.07. The van der Waals surface area contributed by atoms with Gasteiger partial charge in [-0.1, -0.05) is 0 Å². The van der Waals surface area contributed by atoms with Gasteiger partial charge < -0.3 is 0 Å². The summed E-state index contributed by atoms with van der Waals surface area (Å²) < 4.78 is 0. The van der Waals surface area contributed by atoms with Gasteiger partial charge in [-0.3, -0.25) is 20.2 Å². The molecule has 2 amide bonds. The molecule has 1 aliphatic heterocycles. The Kier molecular flexibility index (Phi) is 2.28. The lowest BCUT2D eigenvalue weighted by atomic mass is 10.3. The average Bonchev–Trinajstić information content (AvgIpc) is 2.74. The summed E-state index contributed by atoms with van der Waals surface area (Å²) in [6.07, 6.45) is 0. The predicted molar refractivity (Wildman–Crippen MR) is 51.7 cm³/mol. The zero-order chi connectivity index (χ0) is 9.97. The minimum atomic E-state index is -0.658. The van der Waals surface area contributed by atoms with Crippen molar-refractivity contribution in [2.24, 2.45) is 4.99 Å². The lowest BCUT2D eigenvalue weighted by Crippen LogP contribution is -2.25. The van der Waals surface area contributed by atoms with Crippen LogP contribution in [0.5, 0.6) is 0 Å². The molecule has 0 aromatic carbocycles. The van der Waals surface area contributed by atoms with E-state index in [2.05, 4.69) is 15.6 Å². The summed E-state index contributed by atoms with van der Waals surface area (Å²) >= 11 is 1.58. The van der Waals surface area contributed by atoms with E-state index in [1.807, 2.05) is 16.8 Å². The third kappa shape index (κ3) is 1.80. The van der Waals surface area contributed by atoms with E-state index in [0.717, 1.165) is 5.56 Å². The smallest absolute Gasteiger partial charge is 0.288 e. The summed E-state index contributed by atoms with van der Waals surface area (Å²) in [5.41, 5.74) is 1.05. The van der Waals surface area contributed by atoms with Crippen LogP contribution in [-0.2, 0) is 16.1 Å². The largest absolute Gasteiger partial charge is 0.316 e. The van der Waals surface area contributed by atoms with Gasteiger partial charge in [0.15, 0.2) is 0 Å². The number of amides is 2. The molecule has 0 atom stereocenters. The molecule has 2 N–H and O–H groups in total. The minimum absolute atomic E-state index is 0.228. The Bertz CT molecular complexity index is 379. The zero-order valence-electron chi connectivity index (χ0n) is 7.11. The van der Waals surface area contributed by atoms with Gasteiger partial charge in [0.2, 0.25) is 5.96 Å². The normalized spacial score (nSPS) is 15.3. The monoisotopic (exact) mass is 209 g/mol. The van der Waals surface area contributed by atoms with Crippen molar-refractivity contribution >= 4 is 29.1 Å². The molecule has 2 heterocycles. The highest BCUT2D eigenvalue weighted by Gasteiger charge is 2.24. The van der Waals surface area contributed by atoms with Crippen LogP contribution < -0.4 is 10.6 Å². The Balaban J connectivity index is 2.00. The molecule has 0 radical (unpaired) electrons. The zero-order valence-corrected chi connectivity index (χ0v) is 7.93. The number of guanidine groups is 1. The fraction of sp³-hybridized carbons (Fsp3) is 0.125. The Morgan fingerprint density at radius 3 is 2.57 bits per heavy atom. The van der Waals surface area contributed by atoms with Crippen LogP contribution in [0.3, 0.4) is 0 Å². The predicted octanol–water partition coefficient (Wildman–Crippen LogP) is -0.150. The molecule has 1 fully saturated rings. The van der Waals surface area contributed by atoms with Crippen molar-refractivity contribution in [2.45, 2.75) is 6.54 Å². The van der Waals surface area contributed by atoms with Gasteiger partial charge in [0.05, 0.1) is 6.54 Å². The quantitative estimate of drug-likeness (QED) is 0.665. The number of hydrogen-bond acceptors (Lipinski definition) is 4. The molecule has 0 aliphatic carbocycles. The lowest BCUT2D eigenvalue weighted by Gasteiger charge is -1.94. The number of hydrogen-bond donors (Lipinski definition) is 2. The van der Waals surface area contributed by atoms with Gasteiger partial charge in [0.25, 0.3) is 0 Å². The maximum Gasteiger partial charge on any atom is 0.316 e. The molecule has 1 aromatic rings. The SMILES string of the molecule is O=C1NC(=NCc2ccsc2)NC1=O. The summed E-state index contributed by atoms with van der Waals surface area (Å²) in [7, 11) is 0. The number of nitrogens with one attached hydrogen (secondary N) is 2. The Hall–Kier alpha value is -1.69. The first-order valence-electron chi connectivity index (χ1n) is 3.93. The Morgan fingerprint density at radius 1 is 1.29 bits per heavy atom. The summed E-state index contributed by atoms with van der Waals surface area (Å²) in [6.45, 7) is 0.458. The molecule has 1 aliphatic rings. The van der Waals surface area contributed by atoms with Crippen LogP contribution in [0.25, 0.3) is 0 Å². The maximum atomic E-state index is 10.7. The van der Waals surface area contributed by atoms with Crippen molar-refractivity contribution in [2.75, 3.05) is 0 Å². The van der Waals surface area contributed by atoms with Gasteiger partial charge in [-0.25, -0.2) is 4.99 Å². The van der Waals surface area contributed by atoms with E-state index in [-0.39, 0.29) is 5.96 Å². The molecule has 72 valence electrons. The lowest BCUT2D eigenvalue weighted by molar-refractivity contribution is -0.135. The molecule has 6 heteroatoms. The van der Waals surface area contributed by atoms with Gasteiger partial charge in [-0.15, -0.1) is 0 Å². The van der Waals surface area contributed by atoms with Gasteiger partial charge >= 0.3 is 11.8 Å². The molecule has 0 saturated carbocycles. The number of thiophene rings is 1. The molecule has 0 spiro atoms. The van der Waals surface area contributed by atoms with Crippen LogP contribution >= 0.6 is 11.3 Å². The van der Waals surface area contributed by atoms with Crippen molar-refractivity contribution in [1.82, 2.24) is 10.6 Å². The van der Waals surface area contributed by atoms with Crippen LogP contribution in [0, 0.1) is 0 Å². The number of carbonyl (C=O) groups is 2. The number of nitrogens with zero attached hydrogens (tertiary/aromatic N) is 1.